The van der Waals surface area contributed by atoms with Gasteiger partial charge in [0, 0.05) is 21.4 Å². The normalized spacial score (nSPS) is 12.5. The Morgan fingerprint density at radius 2 is 1.79 bits per heavy atom. The van der Waals surface area contributed by atoms with Crippen LogP contribution in [0.2, 0.25) is 0 Å². The summed E-state index contributed by atoms with van der Waals surface area (Å²) in [4.78, 5) is 4.35. The molecule has 1 atom stereocenters. The van der Waals surface area contributed by atoms with Crippen molar-refractivity contribution >= 4 is 15.9 Å². The van der Waals surface area contributed by atoms with E-state index in [0.717, 1.165) is 21.4 Å². The van der Waals surface area contributed by atoms with Gasteiger partial charge in [0.2, 0.25) is 0 Å². The minimum absolute atomic E-state index is 0.183. The van der Waals surface area contributed by atoms with Gasteiger partial charge in [-0.3, -0.25) is 4.98 Å². The van der Waals surface area contributed by atoms with Gasteiger partial charge >= 0.3 is 0 Å². The van der Waals surface area contributed by atoms with Crippen molar-refractivity contribution in [1.82, 2.24) is 10.3 Å². The highest BCUT2D eigenvalue weighted by atomic mass is 79.9. The second-order valence-corrected chi connectivity index (χ2v) is 5.49. The van der Waals surface area contributed by atoms with Crippen LogP contribution in [0.4, 0.5) is 4.39 Å². The first-order valence-corrected chi connectivity index (χ1v) is 6.88. The van der Waals surface area contributed by atoms with Crippen LogP contribution in [0.15, 0.2) is 34.8 Å². The lowest BCUT2D eigenvalue weighted by Gasteiger charge is -2.19. The summed E-state index contributed by atoms with van der Waals surface area (Å²) in [6.45, 7) is 3.89. The van der Waals surface area contributed by atoms with E-state index in [1.54, 1.807) is 6.07 Å². The van der Waals surface area contributed by atoms with E-state index in [2.05, 4.69) is 26.2 Å². The Labute approximate surface area is 121 Å². The average Bonchev–Trinajstić information content (AvgIpc) is 2.33. The maximum Gasteiger partial charge on any atom is 0.128 e. The maximum atomic E-state index is 14.0. The highest BCUT2D eigenvalue weighted by molar-refractivity contribution is 9.10. The van der Waals surface area contributed by atoms with Crippen molar-refractivity contribution in [1.29, 1.82) is 0 Å². The molecular formula is C15H16BrFN2. The summed E-state index contributed by atoms with van der Waals surface area (Å²) >= 11 is 3.39. The van der Waals surface area contributed by atoms with Crippen molar-refractivity contribution in [3.63, 3.8) is 0 Å². The molecule has 19 heavy (non-hydrogen) atoms. The van der Waals surface area contributed by atoms with Crippen LogP contribution in [0.1, 0.15) is 28.6 Å². The highest BCUT2D eigenvalue weighted by Gasteiger charge is 2.17. The van der Waals surface area contributed by atoms with E-state index in [1.165, 1.54) is 6.07 Å². The Hall–Kier alpha value is -1.26. The van der Waals surface area contributed by atoms with Gasteiger partial charge in [0.25, 0.3) is 0 Å². The van der Waals surface area contributed by atoms with Crippen LogP contribution in [0.5, 0.6) is 0 Å². The van der Waals surface area contributed by atoms with E-state index in [0.29, 0.717) is 5.56 Å². The number of rotatable bonds is 3. The fourth-order valence-electron chi connectivity index (χ4n) is 2.27. The summed E-state index contributed by atoms with van der Waals surface area (Å²) in [5.41, 5.74) is 3.52. The molecule has 0 aliphatic heterocycles. The first kappa shape index (κ1) is 14.2. The molecule has 1 aromatic heterocycles. The number of hydrogen-bond donors (Lipinski definition) is 1. The van der Waals surface area contributed by atoms with Gasteiger partial charge in [-0.05, 0) is 56.8 Å². The number of pyridine rings is 1. The Morgan fingerprint density at radius 3 is 2.37 bits per heavy atom. The molecule has 0 saturated carbocycles. The lowest BCUT2D eigenvalue weighted by Crippen LogP contribution is -2.19. The molecule has 0 bridgehead atoms. The number of nitrogens with zero attached hydrogens (tertiary/aromatic N) is 1. The van der Waals surface area contributed by atoms with E-state index in [4.69, 9.17) is 0 Å². The molecule has 0 amide bonds. The number of nitrogens with one attached hydrogen (secondary N) is 1. The second-order valence-electron chi connectivity index (χ2n) is 4.57. The summed E-state index contributed by atoms with van der Waals surface area (Å²) in [6, 6.07) is 8.77. The fourth-order valence-corrected chi connectivity index (χ4v) is 2.65. The van der Waals surface area contributed by atoms with Crippen LogP contribution < -0.4 is 5.32 Å². The third kappa shape index (κ3) is 3.19. The predicted molar refractivity (Wildman–Crippen MR) is 78.7 cm³/mol. The molecule has 1 unspecified atom stereocenters. The van der Waals surface area contributed by atoms with Crippen molar-refractivity contribution in [3.8, 4) is 0 Å². The number of aromatic nitrogens is 1. The lowest BCUT2D eigenvalue weighted by molar-refractivity contribution is 0.575. The van der Waals surface area contributed by atoms with E-state index in [1.807, 2.05) is 39.1 Å². The Bertz CT molecular complexity index is 578. The fraction of sp³-hybridized carbons (Fsp3) is 0.267. The average molecular weight is 323 g/mol. The van der Waals surface area contributed by atoms with Crippen LogP contribution in [0.3, 0.4) is 0 Å². The minimum atomic E-state index is -0.213. The maximum absolute atomic E-state index is 14.0. The summed E-state index contributed by atoms with van der Waals surface area (Å²) in [6.07, 6.45) is 0. The van der Waals surface area contributed by atoms with Gasteiger partial charge in [-0.25, -0.2) is 4.39 Å². The number of benzene rings is 1. The van der Waals surface area contributed by atoms with Crippen molar-refractivity contribution in [2.45, 2.75) is 19.9 Å². The smallest absolute Gasteiger partial charge is 0.128 e. The molecule has 1 N–H and O–H groups in total. The summed E-state index contributed by atoms with van der Waals surface area (Å²) in [5, 5.41) is 3.17. The van der Waals surface area contributed by atoms with E-state index >= 15 is 0 Å². The molecule has 0 saturated heterocycles. The standard InChI is InChI=1S/C15H16BrFN2/c1-9-6-11(7-10(2)19-9)15(18-3)13-8-12(16)4-5-14(13)17/h4-8,15,18H,1-3H3. The summed E-state index contributed by atoms with van der Waals surface area (Å²) in [7, 11) is 1.83. The number of aryl methyl sites for hydroxylation is 2. The van der Waals surface area contributed by atoms with Gasteiger partial charge in [-0.1, -0.05) is 15.9 Å². The molecule has 1 aromatic carbocycles. The van der Waals surface area contributed by atoms with Gasteiger partial charge in [0.15, 0.2) is 0 Å². The van der Waals surface area contributed by atoms with Crippen molar-refractivity contribution in [2.24, 2.45) is 0 Å². The molecule has 0 aliphatic carbocycles. The van der Waals surface area contributed by atoms with Gasteiger partial charge in [-0.2, -0.15) is 0 Å². The zero-order chi connectivity index (χ0) is 14.0. The third-order valence-corrected chi connectivity index (χ3v) is 3.49. The van der Waals surface area contributed by atoms with Gasteiger partial charge in [0.05, 0.1) is 6.04 Å². The monoisotopic (exact) mass is 322 g/mol. The highest BCUT2D eigenvalue weighted by Crippen LogP contribution is 2.27. The van der Waals surface area contributed by atoms with Gasteiger partial charge in [-0.15, -0.1) is 0 Å². The molecule has 2 aromatic rings. The summed E-state index contributed by atoms with van der Waals surface area (Å²) < 4.78 is 14.9. The molecule has 4 heteroatoms. The van der Waals surface area contributed by atoms with Crippen molar-refractivity contribution in [2.75, 3.05) is 7.05 Å². The van der Waals surface area contributed by atoms with Crippen LogP contribution in [0, 0.1) is 19.7 Å². The van der Waals surface area contributed by atoms with Gasteiger partial charge in [0.1, 0.15) is 5.82 Å². The third-order valence-electron chi connectivity index (χ3n) is 2.99. The molecule has 0 fully saturated rings. The number of hydrogen-bond acceptors (Lipinski definition) is 2. The predicted octanol–water partition coefficient (Wildman–Crippen LogP) is 3.91. The summed E-state index contributed by atoms with van der Waals surface area (Å²) in [5.74, 6) is -0.213. The van der Waals surface area contributed by atoms with E-state index < -0.39 is 0 Å². The molecule has 0 radical (unpaired) electrons. The Balaban J connectivity index is 2.52. The number of halogens is 2. The Kier molecular flexibility index (Phi) is 4.32. The van der Waals surface area contributed by atoms with Crippen LogP contribution in [0.25, 0.3) is 0 Å². The van der Waals surface area contributed by atoms with Gasteiger partial charge < -0.3 is 5.32 Å². The largest absolute Gasteiger partial charge is 0.309 e. The lowest BCUT2D eigenvalue weighted by atomic mass is 9.98. The molecule has 100 valence electrons. The van der Waals surface area contributed by atoms with Crippen molar-refractivity contribution < 1.29 is 4.39 Å². The zero-order valence-corrected chi connectivity index (χ0v) is 12.8. The van der Waals surface area contributed by atoms with Crippen LogP contribution >= 0.6 is 15.9 Å². The Morgan fingerprint density at radius 1 is 1.16 bits per heavy atom. The SMILES string of the molecule is CNC(c1cc(C)nc(C)c1)c1cc(Br)ccc1F. The van der Waals surface area contributed by atoms with E-state index in [9.17, 15) is 4.39 Å². The van der Waals surface area contributed by atoms with Crippen molar-refractivity contribution in [3.05, 3.63) is 63.1 Å². The van der Waals surface area contributed by atoms with Crippen LogP contribution in [-0.2, 0) is 0 Å². The first-order valence-electron chi connectivity index (χ1n) is 6.08. The minimum Gasteiger partial charge on any atom is -0.309 e. The molecule has 0 spiro atoms. The molecular weight excluding hydrogens is 307 g/mol. The first-order chi connectivity index (χ1) is 9.01. The zero-order valence-electron chi connectivity index (χ0n) is 11.2. The quantitative estimate of drug-likeness (QED) is 0.926. The molecule has 2 nitrogen and oxygen atoms in total. The second kappa shape index (κ2) is 5.80. The topological polar surface area (TPSA) is 24.9 Å². The van der Waals surface area contributed by atoms with Crippen LogP contribution in [-0.4, -0.2) is 12.0 Å². The molecule has 0 aliphatic rings. The van der Waals surface area contributed by atoms with E-state index in [-0.39, 0.29) is 11.9 Å². The molecule has 2 rings (SSSR count). The molecule has 1 heterocycles.